The first-order valence-corrected chi connectivity index (χ1v) is 7.48. The summed E-state index contributed by atoms with van der Waals surface area (Å²) in [4.78, 5) is 0. The molecule has 0 aliphatic heterocycles. The molecular formula is C15H29NO. The van der Waals surface area contributed by atoms with E-state index in [9.17, 15) is 0 Å². The summed E-state index contributed by atoms with van der Waals surface area (Å²) in [5.74, 6) is 2.36. The molecule has 1 N–H and O–H groups in total. The van der Waals surface area contributed by atoms with Gasteiger partial charge in [-0.15, -0.1) is 0 Å². The van der Waals surface area contributed by atoms with Gasteiger partial charge in [-0.05, 0) is 49.9 Å². The van der Waals surface area contributed by atoms with E-state index in [0.717, 1.165) is 31.0 Å². The minimum Gasteiger partial charge on any atom is -0.378 e. The second kappa shape index (κ2) is 6.19. The highest BCUT2D eigenvalue weighted by molar-refractivity contribution is 4.81. The fraction of sp³-hybridized carbons (Fsp3) is 1.00. The van der Waals surface area contributed by atoms with Gasteiger partial charge in [-0.25, -0.2) is 0 Å². The van der Waals surface area contributed by atoms with Crippen molar-refractivity contribution >= 4 is 0 Å². The highest BCUT2D eigenvalue weighted by Gasteiger charge is 2.25. The Morgan fingerprint density at radius 2 is 1.76 bits per heavy atom. The van der Waals surface area contributed by atoms with Crippen LogP contribution < -0.4 is 5.32 Å². The third kappa shape index (κ3) is 4.97. The molecule has 0 spiro atoms. The molecule has 0 aromatic rings. The summed E-state index contributed by atoms with van der Waals surface area (Å²) in [7, 11) is 0. The van der Waals surface area contributed by atoms with Crippen LogP contribution in [0.3, 0.4) is 0 Å². The van der Waals surface area contributed by atoms with Crippen LogP contribution in [0.4, 0.5) is 0 Å². The van der Waals surface area contributed by atoms with Gasteiger partial charge in [0.2, 0.25) is 0 Å². The van der Waals surface area contributed by atoms with Crippen LogP contribution >= 0.6 is 0 Å². The smallest absolute Gasteiger partial charge is 0.0580 e. The highest BCUT2D eigenvalue weighted by atomic mass is 16.5. The summed E-state index contributed by atoms with van der Waals surface area (Å²) in [5.41, 5.74) is 0. The molecule has 0 bridgehead atoms. The molecule has 17 heavy (non-hydrogen) atoms. The molecule has 3 unspecified atom stereocenters. The molecule has 3 atom stereocenters. The summed E-state index contributed by atoms with van der Waals surface area (Å²) >= 11 is 0. The van der Waals surface area contributed by atoms with E-state index in [-0.39, 0.29) is 0 Å². The van der Waals surface area contributed by atoms with E-state index in [1.807, 2.05) is 0 Å². The first-order valence-electron chi connectivity index (χ1n) is 7.48. The van der Waals surface area contributed by atoms with Gasteiger partial charge in [0, 0.05) is 12.6 Å². The van der Waals surface area contributed by atoms with Crippen LogP contribution in [0.25, 0.3) is 0 Å². The minimum absolute atomic E-state index is 0.525. The fourth-order valence-corrected chi connectivity index (χ4v) is 3.02. The van der Waals surface area contributed by atoms with Gasteiger partial charge < -0.3 is 10.1 Å². The molecule has 2 aliphatic rings. The van der Waals surface area contributed by atoms with Crippen molar-refractivity contribution in [1.29, 1.82) is 0 Å². The molecular weight excluding hydrogens is 210 g/mol. The van der Waals surface area contributed by atoms with E-state index in [0.29, 0.717) is 12.0 Å². The summed E-state index contributed by atoms with van der Waals surface area (Å²) in [5, 5.41) is 3.58. The largest absolute Gasteiger partial charge is 0.378 e. The van der Waals surface area contributed by atoms with Crippen molar-refractivity contribution in [3.8, 4) is 0 Å². The van der Waals surface area contributed by atoms with Crippen molar-refractivity contribution in [2.24, 2.45) is 17.8 Å². The topological polar surface area (TPSA) is 21.3 Å². The van der Waals surface area contributed by atoms with Crippen LogP contribution in [0.1, 0.15) is 52.9 Å². The predicted molar refractivity (Wildman–Crippen MR) is 72.1 cm³/mol. The third-order valence-electron chi connectivity index (χ3n) is 4.08. The standard InChI is InChI=1S/C15H29NO/c1-11-6-12(2)8-15(7-11)17-10-13(3)9-16-14-4-5-14/h11-16H,4-10H2,1-3H3. The lowest BCUT2D eigenvalue weighted by Crippen LogP contribution is -2.30. The summed E-state index contributed by atoms with van der Waals surface area (Å²) in [6.45, 7) is 9.09. The van der Waals surface area contributed by atoms with E-state index >= 15 is 0 Å². The number of hydrogen-bond acceptors (Lipinski definition) is 2. The van der Waals surface area contributed by atoms with Crippen molar-refractivity contribution in [3.63, 3.8) is 0 Å². The molecule has 2 fully saturated rings. The van der Waals surface area contributed by atoms with Crippen LogP contribution in [0, 0.1) is 17.8 Å². The Morgan fingerprint density at radius 3 is 2.35 bits per heavy atom. The van der Waals surface area contributed by atoms with E-state index < -0.39 is 0 Å². The number of rotatable bonds is 6. The SMILES string of the molecule is CC(CNC1CC1)COC1CC(C)CC(C)C1. The summed E-state index contributed by atoms with van der Waals surface area (Å²) < 4.78 is 6.10. The minimum atomic E-state index is 0.525. The molecule has 2 heteroatoms. The van der Waals surface area contributed by atoms with Crippen molar-refractivity contribution < 1.29 is 4.74 Å². The molecule has 0 saturated heterocycles. The third-order valence-corrected chi connectivity index (χ3v) is 4.08. The lowest BCUT2D eigenvalue weighted by molar-refractivity contribution is -0.0131. The predicted octanol–water partition coefficient (Wildman–Crippen LogP) is 3.22. The van der Waals surface area contributed by atoms with Gasteiger partial charge in [0.15, 0.2) is 0 Å². The Labute approximate surface area is 107 Å². The Kier molecular flexibility index (Phi) is 4.87. The highest BCUT2D eigenvalue weighted by Crippen LogP contribution is 2.30. The first kappa shape index (κ1) is 13.4. The lowest BCUT2D eigenvalue weighted by atomic mass is 9.82. The van der Waals surface area contributed by atoms with Gasteiger partial charge in [-0.3, -0.25) is 0 Å². The quantitative estimate of drug-likeness (QED) is 0.768. The molecule has 0 radical (unpaired) electrons. The van der Waals surface area contributed by atoms with Crippen LogP contribution in [-0.4, -0.2) is 25.3 Å². The second-order valence-corrected chi connectivity index (χ2v) is 6.66. The Bertz CT molecular complexity index is 217. The van der Waals surface area contributed by atoms with E-state index in [4.69, 9.17) is 4.74 Å². The number of hydrogen-bond donors (Lipinski definition) is 1. The van der Waals surface area contributed by atoms with Crippen molar-refractivity contribution in [2.45, 2.75) is 65.0 Å². The zero-order chi connectivity index (χ0) is 12.3. The maximum atomic E-state index is 6.10. The van der Waals surface area contributed by atoms with Crippen molar-refractivity contribution in [1.82, 2.24) is 5.32 Å². The molecule has 100 valence electrons. The average Bonchev–Trinajstić information content (AvgIpc) is 3.06. The maximum absolute atomic E-state index is 6.10. The molecule has 2 nitrogen and oxygen atoms in total. The molecule has 2 aliphatic carbocycles. The molecule has 0 amide bonds. The van der Waals surface area contributed by atoms with Gasteiger partial charge in [0.25, 0.3) is 0 Å². The first-order chi connectivity index (χ1) is 8.13. The average molecular weight is 239 g/mol. The second-order valence-electron chi connectivity index (χ2n) is 6.66. The fourth-order valence-electron chi connectivity index (χ4n) is 3.02. The summed E-state index contributed by atoms with van der Waals surface area (Å²) in [6, 6.07) is 0.826. The molecule has 2 saturated carbocycles. The lowest BCUT2D eigenvalue weighted by Gasteiger charge is -2.32. The van der Waals surface area contributed by atoms with E-state index in [2.05, 4.69) is 26.1 Å². The molecule has 2 rings (SSSR count). The number of ether oxygens (including phenoxy) is 1. The Hall–Kier alpha value is -0.0800. The van der Waals surface area contributed by atoms with Crippen LogP contribution in [0.15, 0.2) is 0 Å². The molecule has 0 heterocycles. The normalized spacial score (nSPS) is 35.8. The maximum Gasteiger partial charge on any atom is 0.0580 e. The monoisotopic (exact) mass is 239 g/mol. The van der Waals surface area contributed by atoms with Crippen LogP contribution in [0.2, 0.25) is 0 Å². The Balaban J connectivity index is 1.59. The summed E-state index contributed by atoms with van der Waals surface area (Å²) in [6.07, 6.45) is 7.21. The van der Waals surface area contributed by atoms with Gasteiger partial charge in [0.05, 0.1) is 12.7 Å². The number of nitrogens with one attached hydrogen (secondary N) is 1. The van der Waals surface area contributed by atoms with Crippen LogP contribution in [0.5, 0.6) is 0 Å². The molecule has 0 aromatic carbocycles. The zero-order valence-electron chi connectivity index (χ0n) is 11.7. The van der Waals surface area contributed by atoms with Gasteiger partial charge >= 0.3 is 0 Å². The Morgan fingerprint density at radius 1 is 1.12 bits per heavy atom. The van der Waals surface area contributed by atoms with Gasteiger partial charge in [-0.2, -0.15) is 0 Å². The van der Waals surface area contributed by atoms with E-state index in [1.54, 1.807) is 0 Å². The zero-order valence-corrected chi connectivity index (χ0v) is 11.7. The molecule has 0 aromatic heterocycles. The van der Waals surface area contributed by atoms with Crippen molar-refractivity contribution in [3.05, 3.63) is 0 Å². The van der Waals surface area contributed by atoms with Crippen molar-refractivity contribution in [2.75, 3.05) is 13.2 Å². The van der Waals surface area contributed by atoms with E-state index in [1.165, 1.54) is 32.1 Å². The van der Waals surface area contributed by atoms with Gasteiger partial charge in [-0.1, -0.05) is 20.8 Å². The van der Waals surface area contributed by atoms with Crippen LogP contribution in [-0.2, 0) is 4.74 Å². The van der Waals surface area contributed by atoms with Gasteiger partial charge in [0.1, 0.15) is 0 Å².